The summed E-state index contributed by atoms with van der Waals surface area (Å²) in [5.74, 6) is 1.25. The summed E-state index contributed by atoms with van der Waals surface area (Å²) in [6, 6.07) is 14.0. The van der Waals surface area contributed by atoms with Crippen molar-refractivity contribution in [2.75, 3.05) is 33.2 Å². The van der Waals surface area contributed by atoms with Crippen LogP contribution in [0.25, 0.3) is 0 Å². The first-order valence-electron chi connectivity index (χ1n) is 10.8. The number of aromatic nitrogens is 2. The predicted molar refractivity (Wildman–Crippen MR) is 125 cm³/mol. The molecule has 2 aromatic heterocycles. The van der Waals surface area contributed by atoms with Crippen LogP contribution in [0, 0.1) is 6.92 Å². The molecule has 32 heavy (non-hydrogen) atoms. The van der Waals surface area contributed by atoms with Crippen LogP contribution in [-0.2, 0) is 18.8 Å². The highest BCUT2D eigenvalue weighted by atomic mass is 32.2. The molecule has 0 aliphatic carbocycles. The van der Waals surface area contributed by atoms with E-state index < -0.39 is 0 Å². The molecule has 0 bridgehead atoms. The lowest BCUT2D eigenvalue weighted by Crippen LogP contribution is -2.43. The first kappa shape index (κ1) is 22.5. The van der Waals surface area contributed by atoms with E-state index in [-0.39, 0.29) is 5.91 Å². The number of amides is 1. The third kappa shape index (κ3) is 6.18. The lowest BCUT2D eigenvalue weighted by Gasteiger charge is -2.32. The molecule has 3 aromatic rings. The Hall–Kier alpha value is -2.68. The molecule has 1 saturated heterocycles. The van der Waals surface area contributed by atoms with Crippen LogP contribution < -0.4 is 5.32 Å². The van der Waals surface area contributed by atoms with E-state index >= 15 is 0 Å². The number of hydrogen-bond acceptors (Lipinski definition) is 7. The van der Waals surface area contributed by atoms with E-state index in [0.29, 0.717) is 22.9 Å². The summed E-state index contributed by atoms with van der Waals surface area (Å²) in [4.78, 5) is 22.1. The third-order valence-corrected chi connectivity index (χ3v) is 6.53. The van der Waals surface area contributed by atoms with Gasteiger partial charge in [-0.25, -0.2) is 4.98 Å². The van der Waals surface area contributed by atoms with Crippen molar-refractivity contribution >= 4 is 17.7 Å². The van der Waals surface area contributed by atoms with Gasteiger partial charge in [-0.3, -0.25) is 9.69 Å². The lowest BCUT2D eigenvalue weighted by atomic mass is 10.1. The minimum absolute atomic E-state index is 0.124. The van der Waals surface area contributed by atoms with E-state index in [1.807, 2.05) is 19.1 Å². The van der Waals surface area contributed by atoms with E-state index in [2.05, 4.69) is 56.6 Å². The van der Waals surface area contributed by atoms with Gasteiger partial charge in [0.1, 0.15) is 10.8 Å². The zero-order valence-corrected chi connectivity index (χ0v) is 19.4. The standard InChI is InChI=1S/C24H29N5O2S/c1-18-13-21(27-31-18)17-32-24-22(7-4-8-25-24)23(30)26-15-19-5-3-6-20(14-19)16-29-11-9-28(2)10-12-29/h3-8,13-14H,9-12,15-17H2,1-2H3,(H,26,30). The smallest absolute Gasteiger partial charge is 0.254 e. The highest BCUT2D eigenvalue weighted by molar-refractivity contribution is 7.98. The number of benzene rings is 1. The topological polar surface area (TPSA) is 74.5 Å². The van der Waals surface area contributed by atoms with Gasteiger partial charge in [-0.1, -0.05) is 41.2 Å². The van der Waals surface area contributed by atoms with Crippen molar-refractivity contribution in [2.24, 2.45) is 0 Å². The largest absolute Gasteiger partial charge is 0.361 e. The van der Waals surface area contributed by atoms with Crippen LogP contribution in [0.15, 0.2) is 58.2 Å². The molecule has 1 fully saturated rings. The van der Waals surface area contributed by atoms with Gasteiger partial charge in [0.25, 0.3) is 5.91 Å². The fourth-order valence-corrected chi connectivity index (χ4v) is 4.56. The molecule has 1 N–H and O–H groups in total. The molecule has 4 rings (SSSR count). The van der Waals surface area contributed by atoms with Crippen LogP contribution >= 0.6 is 11.8 Å². The monoisotopic (exact) mass is 451 g/mol. The highest BCUT2D eigenvalue weighted by Crippen LogP contribution is 2.24. The minimum atomic E-state index is -0.124. The second-order valence-corrected chi connectivity index (χ2v) is 9.12. The molecule has 1 aliphatic heterocycles. The van der Waals surface area contributed by atoms with Gasteiger partial charge in [-0.05, 0) is 37.2 Å². The van der Waals surface area contributed by atoms with Gasteiger partial charge < -0.3 is 14.7 Å². The zero-order chi connectivity index (χ0) is 22.3. The summed E-state index contributed by atoms with van der Waals surface area (Å²) in [6.45, 7) is 7.69. The van der Waals surface area contributed by atoms with E-state index in [9.17, 15) is 4.79 Å². The molecule has 8 heteroatoms. The summed E-state index contributed by atoms with van der Waals surface area (Å²) >= 11 is 1.48. The van der Waals surface area contributed by atoms with Crippen molar-refractivity contribution in [1.82, 2.24) is 25.3 Å². The summed E-state index contributed by atoms with van der Waals surface area (Å²) < 4.78 is 5.11. The van der Waals surface area contributed by atoms with Crippen LogP contribution in [0.1, 0.15) is 32.9 Å². The van der Waals surface area contributed by atoms with Gasteiger partial charge in [0, 0.05) is 57.3 Å². The van der Waals surface area contributed by atoms with Crippen LogP contribution in [-0.4, -0.2) is 59.1 Å². The Morgan fingerprint density at radius 3 is 2.72 bits per heavy atom. The normalized spacial score (nSPS) is 15.1. The maximum Gasteiger partial charge on any atom is 0.254 e. The van der Waals surface area contributed by atoms with Crippen molar-refractivity contribution in [1.29, 1.82) is 0 Å². The summed E-state index contributed by atoms with van der Waals surface area (Å²) in [5.41, 5.74) is 3.79. The van der Waals surface area contributed by atoms with Crippen molar-refractivity contribution in [3.05, 3.63) is 76.8 Å². The molecule has 0 radical (unpaired) electrons. The third-order valence-electron chi connectivity index (χ3n) is 5.50. The second kappa shape index (κ2) is 10.8. The van der Waals surface area contributed by atoms with Gasteiger partial charge in [0.2, 0.25) is 0 Å². The summed E-state index contributed by atoms with van der Waals surface area (Å²) in [7, 11) is 2.17. The molecule has 1 aliphatic rings. The first-order valence-corrected chi connectivity index (χ1v) is 11.8. The van der Waals surface area contributed by atoms with Gasteiger partial charge >= 0.3 is 0 Å². The molecular weight excluding hydrogens is 422 g/mol. The van der Waals surface area contributed by atoms with Crippen molar-refractivity contribution < 1.29 is 9.32 Å². The fraction of sp³-hybridized carbons (Fsp3) is 0.375. The highest BCUT2D eigenvalue weighted by Gasteiger charge is 2.15. The van der Waals surface area contributed by atoms with Crippen molar-refractivity contribution in [3.8, 4) is 0 Å². The quantitative estimate of drug-likeness (QED) is 0.527. The molecular formula is C24H29N5O2S. The fourth-order valence-electron chi connectivity index (χ4n) is 3.69. The Bertz CT molecular complexity index is 1050. The number of pyridine rings is 1. The Morgan fingerprint density at radius 1 is 1.12 bits per heavy atom. The molecule has 1 amide bonds. The number of carbonyl (C=O) groups excluding carboxylic acids is 1. The zero-order valence-electron chi connectivity index (χ0n) is 18.6. The Kier molecular flexibility index (Phi) is 7.57. The molecule has 0 spiro atoms. The number of hydrogen-bond donors (Lipinski definition) is 1. The van der Waals surface area contributed by atoms with Crippen LogP contribution in [0.3, 0.4) is 0 Å². The van der Waals surface area contributed by atoms with E-state index in [1.54, 1.807) is 12.3 Å². The Labute approximate surface area is 193 Å². The van der Waals surface area contributed by atoms with Crippen LogP contribution in [0.2, 0.25) is 0 Å². The van der Waals surface area contributed by atoms with E-state index in [0.717, 1.165) is 49.7 Å². The maximum absolute atomic E-state index is 12.9. The molecule has 1 aromatic carbocycles. The lowest BCUT2D eigenvalue weighted by molar-refractivity contribution is 0.0947. The molecule has 7 nitrogen and oxygen atoms in total. The number of likely N-dealkylation sites (N-methyl/N-ethyl adjacent to an activating group) is 1. The Morgan fingerprint density at radius 2 is 1.94 bits per heavy atom. The van der Waals surface area contributed by atoms with Crippen LogP contribution in [0.5, 0.6) is 0 Å². The molecule has 0 atom stereocenters. The number of nitrogens with one attached hydrogen (secondary N) is 1. The number of thioether (sulfide) groups is 1. The number of aryl methyl sites for hydroxylation is 1. The maximum atomic E-state index is 12.9. The van der Waals surface area contributed by atoms with Crippen molar-refractivity contribution in [2.45, 2.75) is 30.8 Å². The number of nitrogens with zero attached hydrogens (tertiary/aromatic N) is 4. The van der Waals surface area contributed by atoms with Crippen molar-refractivity contribution in [3.63, 3.8) is 0 Å². The van der Waals surface area contributed by atoms with Gasteiger partial charge in [-0.2, -0.15) is 0 Å². The molecule has 0 saturated carbocycles. The van der Waals surface area contributed by atoms with Gasteiger partial charge in [0.05, 0.1) is 11.3 Å². The number of carbonyl (C=O) groups is 1. The predicted octanol–water partition coefficient (Wildman–Crippen LogP) is 3.35. The number of piperazine rings is 1. The van der Waals surface area contributed by atoms with Crippen LogP contribution in [0.4, 0.5) is 0 Å². The second-order valence-electron chi connectivity index (χ2n) is 8.16. The Balaban J connectivity index is 1.33. The van der Waals surface area contributed by atoms with E-state index in [1.165, 1.54) is 17.3 Å². The number of rotatable bonds is 8. The average molecular weight is 452 g/mol. The minimum Gasteiger partial charge on any atom is -0.361 e. The molecule has 0 unspecified atom stereocenters. The van der Waals surface area contributed by atoms with Gasteiger partial charge in [-0.15, -0.1) is 0 Å². The average Bonchev–Trinajstić information content (AvgIpc) is 3.23. The van der Waals surface area contributed by atoms with Gasteiger partial charge in [0.15, 0.2) is 0 Å². The summed E-state index contributed by atoms with van der Waals surface area (Å²) in [5, 5.41) is 7.74. The SMILES string of the molecule is Cc1cc(CSc2ncccc2C(=O)NCc2cccc(CN3CCN(C)CC3)c2)no1. The molecule has 3 heterocycles. The molecule has 168 valence electrons. The summed E-state index contributed by atoms with van der Waals surface area (Å²) in [6.07, 6.45) is 1.70. The van der Waals surface area contributed by atoms with E-state index in [4.69, 9.17) is 4.52 Å². The first-order chi connectivity index (χ1) is 15.6.